The van der Waals surface area contributed by atoms with E-state index in [1.807, 2.05) is 27.1 Å². The molecule has 4 heteroatoms. The fourth-order valence-electron chi connectivity index (χ4n) is 2.61. The van der Waals surface area contributed by atoms with Gasteiger partial charge in [0.25, 0.3) is 0 Å². The van der Waals surface area contributed by atoms with Gasteiger partial charge in [-0.2, -0.15) is 0 Å². The lowest BCUT2D eigenvalue weighted by molar-refractivity contribution is 0.542. The molecule has 1 N–H and O–H groups in total. The molecule has 0 aliphatic carbocycles. The van der Waals surface area contributed by atoms with Crippen LogP contribution in [0, 0.1) is 13.8 Å². The van der Waals surface area contributed by atoms with Crippen LogP contribution in [0.1, 0.15) is 42.2 Å². The van der Waals surface area contributed by atoms with E-state index in [-0.39, 0.29) is 6.04 Å². The SMILES string of the molecule is CCCn1ccnc1CC(NC)c1cc(C)nc(C)c1. The number of rotatable bonds is 6. The lowest BCUT2D eigenvalue weighted by atomic mass is 10.0. The minimum absolute atomic E-state index is 0.272. The zero-order chi connectivity index (χ0) is 14.5. The van der Waals surface area contributed by atoms with Crippen LogP contribution in [-0.4, -0.2) is 21.6 Å². The van der Waals surface area contributed by atoms with Crippen LogP contribution in [0.2, 0.25) is 0 Å². The minimum atomic E-state index is 0.272. The van der Waals surface area contributed by atoms with Crippen LogP contribution in [-0.2, 0) is 13.0 Å². The zero-order valence-electron chi connectivity index (χ0n) is 12.8. The Balaban J connectivity index is 2.22. The first-order valence-electron chi connectivity index (χ1n) is 7.26. The third-order valence-electron chi connectivity index (χ3n) is 3.51. The van der Waals surface area contributed by atoms with Crippen LogP contribution in [0.4, 0.5) is 0 Å². The van der Waals surface area contributed by atoms with Gasteiger partial charge in [0.1, 0.15) is 5.82 Å². The van der Waals surface area contributed by atoms with Crippen molar-refractivity contribution in [2.24, 2.45) is 0 Å². The van der Waals surface area contributed by atoms with Crippen molar-refractivity contribution in [3.63, 3.8) is 0 Å². The van der Waals surface area contributed by atoms with Crippen molar-refractivity contribution >= 4 is 0 Å². The predicted octanol–water partition coefficient (Wildman–Crippen LogP) is 2.81. The minimum Gasteiger partial charge on any atom is -0.335 e. The van der Waals surface area contributed by atoms with E-state index in [0.717, 1.165) is 36.6 Å². The molecule has 0 saturated carbocycles. The second-order valence-corrected chi connectivity index (χ2v) is 5.27. The third kappa shape index (κ3) is 3.45. The van der Waals surface area contributed by atoms with E-state index in [9.17, 15) is 0 Å². The van der Waals surface area contributed by atoms with Crippen molar-refractivity contribution < 1.29 is 0 Å². The van der Waals surface area contributed by atoms with Crippen molar-refractivity contribution in [2.75, 3.05) is 7.05 Å². The third-order valence-corrected chi connectivity index (χ3v) is 3.51. The number of pyridine rings is 1. The van der Waals surface area contributed by atoms with Crippen molar-refractivity contribution in [1.82, 2.24) is 19.9 Å². The van der Waals surface area contributed by atoms with Gasteiger partial charge in [0, 0.05) is 42.8 Å². The van der Waals surface area contributed by atoms with E-state index in [0.29, 0.717) is 0 Å². The van der Waals surface area contributed by atoms with E-state index in [1.54, 1.807) is 0 Å². The van der Waals surface area contributed by atoms with Gasteiger partial charge in [0.2, 0.25) is 0 Å². The highest BCUT2D eigenvalue weighted by Crippen LogP contribution is 2.19. The van der Waals surface area contributed by atoms with Gasteiger partial charge in [0.05, 0.1) is 0 Å². The molecule has 1 unspecified atom stereocenters. The summed E-state index contributed by atoms with van der Waals surface area (Å²) >= 11 is 0. The quantitative estimate of drug-likeness (QED) is 0.879. The van der Waals surface area contributed by atoms with Gasteiger partial charge in [-0.25, -0.2) is 4.98 Å². The molecule has 4 nitrogen and oxygen atoms in total. The molecule has 0 spiro atoms. The summed E-state index contributed by atoms with van der Waals surface area (Å²) in [5, 5.41) is 3.40. The second kappa shape index (κ2) is 6.66. The summed E-state index contributed by atoms with van der Waals surface area (Å²) in [7, 11) is 2.00. The van der Waals surface area contributed by atoms with E-state index in [2.05, 4.69) is 45.1 Å². The molecule has 0 aromatic carbocycles. The maximum atomic E-state index is 4.50. The van der Waals surface area contributed by atoms with Crippen LogP contribution in [0.15, 0.2) is 24.5 Å². The smallest absolute Gasteiger partial charge is 0.110 e. The van der Waals surface area contributed by atoms with Gasteiger partial charge < -0.3 is 9.88 Å². The molecule has 0 aliphatic heterocycles. The van der Waals surface area contributed by atoms with Gasteiger partial charge in [-0.15, -0.1) is 0 Å². The van der Waals surface area contributed by atoms with Gasteiger partial charge in [-0.1, -0.05) is 6.92 Å². The summed E-state index contributed by atoms with van der Waals surface area (Å²) in [6.45, 7) is 7.30. The number of nitrogens with one attached hydrogen (secondary N) is 1. The molecule has 2 heterocycles. The summed E-state index contributed by atoms with van der Waals surface area (Å²) in [4.78, 5) is 8.95. The van der Waals surface area contributed by atoms with Gasteiger partial charge >= 0.3 is 0 Å². The molecule has 20 heavy (non-hydrogen) atoms. The normalized spacial score (nSPS) is 12.6. The zero-order valence-corrected chi connectivity index (χ0v) is 12.8. The van der Waals surface area contributed by atoms with Crippen LogP contribution >= 0.6 is 0 Å². The molecule has 108 valence electrons. The van der Waals surface area contributed by atoms with E-state index >= 15 is 0 Å². The Morgan fingerprint density at radius 3 is 2.55 bits per heavy atom. The summed E-state index contributed by atoms with van der Waals surface area (Å²) in [5.41, 5.74) is 3.41. The number of likely N-dealkylation sites (N-methyl/N-ethyl adjacent to an activating group) is 1. The highest BCUT2D eigenvalue weighted by molar-refractivity contribution is 5.24. The molecule has 0 saturated heterocycles. The molecule has 2 aromatic heterocycles. The maximum absolute atomic E-state index is 4.50. The largest absolute Gasteiger partial charge is 0.335 e. The Morgan fingerprint density at radius 1 is 1.25 bits per heavy atom. The van der Waals surface area contributed by atoms with Crippen molar-refractivity contribution in [1.29, 1.82) is 0 Å². The molecular formula is C16H24N4. The Labute approximate surface area is 121 Å². The molecule has 2 rings (SSSR count). The Kier molecular flexibility index (Phi) is 4.90. The average Bonchev–Trinajstić information content (AvgIpc) is 2.82. The van der Waals surface area contributed by atoms with Crippen LogP contribution in [0.5, 0.6) is 0 Å². The fourth-order valence-corrected chi connectivity index (χ4v) is 2.61. The van der Waals surface area contributed by atoms with Gasteiger partial charge in [0.15, 0.2) is 0 Å². The van der Waals surface area contributed by atoms with E-state index in [1.165, 1.54) is 5.56 Å². The number of hydrogen-bond donors (Lipinski definition) is 1. The van der Waals surface area contributed by atoms with Crippen molar-refractivity contribution in [3.05, 3.63) is 47.3 Å². The summed E-state index contributed by atoms with van der Waals surface area (Å²) in [5.74, 6) is 1.14. The van der Waals surface area contributed by atoms with Crippen LogP contribution in [0.25, 0.3) is 0 Å². The summed E-state index contributed by atoms with van der Waals surface area (Å²) in [6, 6.07) is 4.58. The maximum Gasteiger partial charge on any atom is 0.110 e. The topological polar surface area (TPSA) is 42.7 Å². The number of aromatic nitrogens is 3. The highest BCUT2D eigenvalue weighted by atomic mass is 15.1. The lowest BCUT2D eigenvalue weighted by Crippen LogP contribution is -2.21. The summed E-state index contributed by atoms with van der Waals surface area (Å²) in [6.07, 6.45) is 5.98. The van der Waals surface area contributed by atoms with Gasteiger partial charge in [-0.3, -0.25) is 4.98 Å². The molecule has 0 radical (unpaired) electrons. The molecular weight excluding hydrogens is 248 g/mol. The molecule has 1 atom stereocenters. The monoisotopic (exact) mass is 272 g/mol. The van der Waals surface area contributed by atoms with Crippen molar-refractivity contribution in [2.45, 2.75) is 46.2 Å². The standard InChI is InChI=1S/C16H24N4/c1-5-7-20-8-6-18-16(20)11-15(17-4)14-9-12(2)19-13(3)10-14/h6,8-10,15,17H,5,7,11H2,1-4H3. The first-order valence-corrected chi connectivity index (χ1v) is 7.26. The average molecular weight is 272 g/mol. The van der Waals surface area contributed by atoms with Crippen LogP contribution < -0.4 is 5.32 Å². The first kappa shape index (κ1) is 14.7. The fraction of sp³-hybridized carbons (Fsp3) is 0.500. The number of imidazole rings is 1. The number of nitrogens with zero attached hydrogens (tertiary/aromatic N) is 3. The molecule has 0 aliphatic rings. The Bertz CT molecular complexity index is 539. The van der Waals surface area contributed by atoms with E-state index in [4.69, 9.17) is 0 Å². The molecule has 0 fully saturated rings. The first-order chi connectivity index (χ1) is 9.63. The highest BCUT2D eigenvalue weighted by Gasteiger charge is 2.14. The number of hydrogen-bond acceptors (Lipinski definition) is 3. The Morgan fingerprint density at radius 2 is 1.95 bits per heavy atom. The second-order valence-electron chi connectivity index (χ2n) is 5.27. The molecule has 0 bridgehead atoms. The van der Waals surface area contributed by atoms with E-state index < -0.39 is 0 Å². The number of aryl methyl sites for hydroxylation is 3. The lowest BCUT2D eigenvalue weighted by Gasteiger charge is -2.18. The van der Waals surface area contributed by atoms with Crippen molar-refractivity contribution in [3.8, 4) is 0 Å². The molecule has 2 aromatic rings. The van der Waals surface area contributed by atoms with Crippen LogP contribution in [0.3, 0.4) is 0 Å². The predicted molar refractivity (Wildman–Crippen MR) is 81.7 cm³/mol. The summed E-state index contributed by atoms with van der Waals surface area (Å²) < 4.78 is 2.24. The Hall–Kier alpha value is -1.68. The molecule has 0 amide bonds. The van der Waals surface area contributed by atoms with Gasteiger partial charge in [-0.05, 0) is 45.0 Å².